The predicted octanol–water partition coefficient (Wildman–Crippen LogP) is 5.66. The minimum atomic E-state index is -0.701. The molecule has 9 nitrogen and oxygen atoms in total. The molecule has 1 fully saturated rings. The molecule has 0 spiro atoms. The van der Waals surface area contributed by atoms with Crippen molar-refractivity contribution < 1.29 is 14.3 Å². The number of carbonyl (C=O) groups is 2. The van der Waals surface area contributed by atoms with Gasteiger partial charge in [-0.15, -0.1) is 0 Å². The van der Waals surface area contributed by atoms with Crippen molar-refractivity contribution in [1.82, 2.24) is 14.8 Å². The molecule has 5 rings (SSSR count). The Morgan fingerprint density at radius 3 is 2.78 bits per heavy atom. The molecule has 208 valence electrons. The molecule has 2 aromatic carbocycles. The van der Waals surface area contributed by atoms with Crippen molar-refractivity contribution in [1.29, 1.82) is 5.26 Å². The molecule has 3 heterocycles. The third kappa shape index (κ3) is 6.34. The molecule has 2 N–H and O–H groups in total. The van der Waals surface area contributed by atoms with Crippen molar-refractivity contribution in [2.75, 3.05) is 23.8 Å². The van der Waals surface area contributed by atoms with Crippen LogP contribution in [0.5, 0.6) is 0 Å². The van der Waals surface area contributed by atoms with Gasteiger partial charge in [-0.25, -0.2) is 4.68 Å². The van der Waals surface area contributed by atoms with Crippen LogP contribution < -0.4 is 10.6 Å². The van der Waals surface area contributed by atoms with Gasteiger partial charge in [-0.2, -0.15) is 10.4 Å². The van der Waals surface area contributed by atoms with E-state index in [1.807, 2.05) is 51.2 Å². The Hall–Kier alpha value is -4.81. The second kappa shape index (κ2) is 11.7. The van der Waals surface area contributed by atoms with Gasteiger partial charge in [-0.3, -0.25) is 14.6 Å². The van der Waals surface area contributed by atoms with E-state index >= 15 is 0 Å². The molecule has 9 heteroatoms. The molecule has 4 aromatic rings. The Morgan fingerprint density at radius 2 is 2.00 bits per heavy atom. The van der Waals surface area contributed by atoms with Crippen molar-refractivity contribution in [3.05, 3.63) is 90.0 Å². The molecular formula is C32H32N6O3. The van der Waals surface area contributed by atoms with Crippen LogP contribution in [0.25, 0.3) is 16.8 Å². The van der Waals surface area contributed by atoms with E-state index in [1.165, 1.54) is 0 Å². The molecule has 0 aliphatic carbocycles. The average Bonchev–Trinajstić information content (AvgIpc) is 3.67. The van der Waals surface area contributed by atoms with Gasteiger partial charge in [0.15, 0.2) is 0 Å². The lowest BCUT2D eigenvalue weighted by molar-refractivity contribution is -0.117. The largest absolute Gasteiger partial charge is 0.381 e. The van der Waals surface area contributed by atoms with Gasteiger partial charge < -0.3 is 15.4 Å². The molecule has 1 saturated heterocycles. The molecule has 41 heavy (non-hydrogen) atoms. The number of nitriles is 1. The highest BCUT2D eigenvalue weighted by Gasteiger charge is 2.22. The predicted molar refractivity (Wildman–Crippen MR) is 157 cm³/mol. The molecule has 2 aromatic heterocycles. The van der Waals surface area contributed by atoms with E-state index in [0.29, 0.717) is 36.6 Å². The zero-order valence-corrected chi connectivity index (χ0v) is 23.3. The van der Waals surface area contributed by atoms with Gasteiger partial charge in [0.1, 0.15) is 0 Å². The van der Waals surface area contributed by atoms with Crippen LogP contribution in [-0.4, -0.2) is 39.8 Å². The van der Waals surface area contributed by atoms with E-state index in [1.54, 1.807) is 47.5 Å². The van der Waals surface area contributed by atoms with E-state index in [0.717, 1.165) is 34.4 Å². The maximum absolute atomic E-state index is 13.1. The van der Waals surface area contributed by atoms with Gasteiger partial charge in [0.05, 0.1) is 29.1 Å². The summed E-state index contributed by atoms with van der Waals surface area (Å²) in [5.41, 5.74) is 5.15. The molecule has 1 unspecified atom stereocenters. The number of pyridine rings is 1. The topological polar surface area (TPSA) is 122 Å². The summed E-state index contributed by atoms with van der Waals surface area (Å²) in [5, 5.41) is 20.0. The first-order valence-corrected chi connectivity index (χ1v) is 13.5. The van der Waals surface area contributed by atoms with Crippen LogP contribution in [0.3, 0.4) is 0 Å². The Labute approximate surface area is 239 Å². The lowest BCUT2D eigenvalue weighted by Gasteiger charge is -2.16. The van der Waals surface area contributed by atoms with Gasteiger partial charge in [0.25, 0.3) is 5.91 Å². The summed E-state index contributed by atoms with van der Waals surface area (Å²) in [5.74, 6) is -0.0788. The summed E-state index contributed by atoms with van der Waals surface area (Å²) in [6.07, 6.45) is 8.27. The van der Waals surface area contributed by atoms with Crippen molar-refractivity contribution in [3.63, 3.8) is 0 Å². The van der Waals surface area contributed by atoms with Gasteiger partial charge >= 0.3 is 0 Å². The van der Waals surface area contributed by atoms with Crippen molar-refractivity contribution in [3.8, 4) is 22.9 Å². The number of aryl methyl sites for hydroxylation is 1. The van der Waals surface area contributed by atoms with E-state index in [9.17, 15) is 14.9 Å². The first-order chi connectivity index (χ1) is 19.7. The number of nitrogens with zero attached hydrogens (tertiary/aromatic N) is 4. The van der Waals surface area contributed by atoms with Gasteiger partial charge in [-0.05, 0) is 74.6 Å². The van der Waals surface area contributed by atoms with E-state index in [-0.39, 0.29) is 17.7 Å². The molecule has 1 aliphatic rings. The lowest BCUT2D eigenvalue weighted by Crippen LogP contribution is -2.17. The van der Waals surface area contributed by atoms with Crippen molar-refractivity contribution >= 4 is 23.2 Å². The van der Waals surface area contributed by atoms with Crippen molar-refractivity contribution in [2.24, 2.45) is 5.92 Å². The highest BCUT2D eigenvalue weighted by molar-refractivity contribution is 6.04. The van der Waals surface area contributed by atoms with Gasteiger partial charge in [-0.1, -0.05) is 18.2 Å². The van der Waals surface area contributed by atoms with Crippen LogP contribution in [0.4, 0.5) is 11.4 Å². The number of hydrogen-bond acceptors (Lipinski definition) is 6. The Kier molecular flexibility index (Phi) is 7.95. The number of hydrogen-bond donors (Lipinski definition) is 2. The number of anilines is 2. The maximum Gasteiger partial charge on any atom is 0.255 e. The van der Waals surface area contributed by atoms with Crippen LogP contribution in [0, 0.1) is 24.2 Å². The van der Waals surface area contributed by atoms with E-state index < -0.39 is 5.41 Å². The zero-order valence-electron chi connectivity index (χ0n) is 23.3. The highest BCUT2D eigenvalue weighted by atomic mass is 16.5. The minimum Gasteiger partial charge on any atom is -0.381 e. The smallest absolute Gasteiger partial charge is 0.255 e. The normalized spacial score (nSPS) is 14.8. The number of nitrogens with one attached hydrogen (secondary N) is 2. The maximum atomic E-state index is 13.1. The summed E-state index contributed by atoms with van der Waals surface area (Å²) in [6, 6.07) is 16.8. The molecule has 0 radical (unpaired) electrons. The molecular weight excluding hydrogens is 516 g/mol. The number of amides is 2. The first kappa shape index (κ1) is 27.7. The fourth-order valence-corrected chi connectivity index (χ4v) is 4.79. The van der Waals surface area contributed by atoms with Crippen LogP contribution in [0.1, 0.15) is 48.2 Å². The third-order valence-electron chi connectivity index (χ3n) is 7.33. The summed E-state index contributed by atoms with van der Waals surface area (Å²) in [4.78, 5) is 30.0. The lowest BCUT2D eigenvalue weighted by atomic mass is 9.85. The number of aromatic nitrogens is 3. The van der Waals surface area contributed by atoms with Gasteiger partial charge in [0, 0.05) is 60.6 Å². The van der Waals surface area contributed by atoms with E-state index in [2.05, 4.69) is 26.8 Å². The summed E-state index contributed by atoms with van der Waals surface area (Å²) < 4.78 is 7.13. The average molecular weight is 549 g/mol. The molecule has 0 saturated carbocycles. The Balaban J connectivity index is 1.35. The SMILES string of the molecule is Cc1ccc(NC(=O)c2cccc(C(C)(C)C#N)c2)cc1-n1cc(-c2cnccc2NC(=O)CC2CCOC2)cn1. The monoisotopic (exact) mass is 548 g/mol. The fraction of sp³-hybridized carbons (Fsp3) is 0.281. The fourth-order valence-electron chi connectivity index (χ4n) is 4.79. The molecule has 2 amide bonds. The van der Waals surface area contributed by atoms with Crippen LogP contribution in [0.2, 0.25) is 0 Å². The number of carbonyl (C=O) groups excluding carboxylic acids is 2. The third-order valence-corrected chi connectivity index (χ3v) is 7.33. The second-order valence-corrected chi connectivity index (χ2v) is 10.8. The summed E-state index contributed by atoms with van der Waals surface area (Å²) in [6.45, 7) is 6.94. The molecule has 0 bridgehead atoms. The van der Waals surface area contributed by atoms with E-state index in [4.69, 9.17) is 4.74 Å². The molecule has 1 aliphatic heterocycles. The number of rotatable bonds is 8. The summed E-state index contributed by atoms with van der Waals surface area (Å²) >= 11 is 0. The highest BCUT2D eigenvalue weighted by Crippen LogP contribution is 2.29. The Bertz CT molecular complexity index is 1630. The zero-order chi connectivity index (χ0) is 29.0. The number of benzene rings is 2. The number of ether oxygens (including phenoxy) is 1. The standard InChI is InChI=1S/C32H32N6O3/c1-21-7-8-26(36-31(40)23-5-4-6-25(14-23)32(2,3)20-33)15-29(21)38-18-24(16-35-38)27-17-34-11-9-28(27)37-30(39)13-22-10-12-41-19-22/h4-9,11,14-18,22H,10,12-13,19H2,1-3H3,(H,36,40)(H,34,37,39). The van der Waals surface area contributed by atoms with Crippen LogP contribution in [-0.2, 0) is 14.9 Å². The summed E-state index contributed by atoms with van der Waals surface area (Å²) in [7, 11) is 0. The van der Waals surface area contributed by atoms with Gasteiger partial charge in [0.2, 0.25) is 5.91 Å². The van der Waals surface area contributed by atoms with Crippen molar-refractivity contribution in [2.45, 2.75) is 39.0 Å². The van der Waals surface area contributed by atoms with Crippen LogP contribution >= 0.6 is 0 Å². The quantitative estimate of drug-likeness (QED) is 0.293. The molecule has 1 atom stereocenters. The van der Waals surface area contributed by atoms with Crippen LogP contribution in [0.15, 0.2) is 73.3 Å². The first-order valence-electron chi connectivity index (χ1n) is 13.5. The Morgan fingerprint density at radius 1 is 1.15 bits per heavy atom. The minimum absolute atomic E-state index is 0.0543. The second-order valence-electron chi connectivity index (χ2n) is 10.8.